The second-order valence-electron chi connectivity index (χ2n) is 3.72. The van der Waals surface area contributed by atoms with Gasteiger partial charge in [-0.1, -0.05) is 6.07 Å². The molecule has 0 bridgehead atoms. The topological polar surface area (TPSA) is 52.5 Å². The number of nitrogens with zero attached hydrogens (tertiary/aromatic N) is 2. The van der Waals surface area contributed by atoms with Crippen LogP contribution in [0.25, 0.3) is 5.65 Å². The molecule has 2 rings (SSSR count). The van der Waals surface area contributed by atoms with Crippen molar-refractivity contribution in [1.29, 1.82) is 0 Å². The fourth-order valence-electron chi connectivity index (χ4n) is 1.29. The minimum Gasteiger partial charge on any atom is -0.307 e. The van der Waals surface area contributed by atoms with Crippen LogP contribution in [-0.4, -0.2) is 9.38 Å². The Bertz CT molecular complexity index is 414. The molecule has 0 radical (unpaired) electrons. The number of hydrogen-bond donors (Lipinski definition) is 1. The highest BCUT2D eigenvalue weighted by Gasteiger charge is 2.23. The lowest BCUT2D eigenvalue weighted by Gasteiger charge is -2.18. The molecule has 0 unspecified atom stereocenters. The van der Waals surface area contributed by atoms with E-state index in [2.05, 4.69) is 4.98 Å². The Morgan fingerprint density at radius 1 is 1.43 bits per heavy atom. The van der Waals surface area contributed by atoms with Gasteiger partial charge >= 0.3 is 0 Å². The van der Waals surface area contributed by atoms with Gasteiger partial charge in [0.1, 0.15) is 11.2 Å². The fraction of sp³-hybridized carbons (Fsp3) is 0.300. The summed E-state index contributed by atoms with van der Waals surface area (Å²) >= 11 is 0. The van der Waals surface area contributed by atoms with Crippen molar-refractivity contribution in [2.45, 2.75) is 19.4 Å². The number of nitrogens with two attached hydrogens (primary N) is 1. The second-order valence-corrected chi connectivity index (χ2v) is 3.72. The molecule has 74 valence electrons. The molecular formula is C10H13N3O. The molecule has 0 aliphatic heterocycles. The van der Waals surface area contributed by atoms with Crippen LogP contribution in [0.5, 0.6) is 0 Å². The molecule has 4 nitrogen and oxygen atoms in total. The van der Waals surface area contributed by atoms with Crippen LogP contribution in [0.3, 0.4) is 0 Å². The zero-order chi connectivity index (χ0) is 10.2. The summed E-state index contributed by atoms with van der Waals surface area (Å²) < 4.78 is 1.94. The van der Waals surface area contributed by atoms with Crippen LogP contribution in [0.15, 0.2) is 30.6 Å². The first-order valence-corrected chi connectivity index (χ1v) is 4.45. The maximum atomic E-state index is 5.21. The first-order valence-electron chi connectivity index (χ1n) is 4.45. The Kier molecular flexibility index (Phi) is 2.02. The predicted octanol–water partition coefficient (Wildman–Crippen LogP) is 1.46. The van der Waals surface area contributed by atoms with E-state index in [9.17, 15) is 0 Å². The first kappa shape index (κ1) is 9.18. The lowest BCUT2D eigenvalue weighted by molar-refractivity contribution is -0.0264. The summed E-state index contributed by atoms with van der Waals surface area (Å²) in [6, 6.07) is 5.84. The summed E-state index contributed by atoms with van der Waals surface area (Å²) in [4.78, 5) is 9.29. The molecule has 4 heteroatoms. The summed E-state index contributed by atoms with van der Waals surface area (Å²) in [5.41, 5.74) is 1.17. The van der Waals surface area contributed by atoms with E-state index < -0.39 is 5.60 Å². The molecule has 2 heterocycles. The normalized spacial score (nSPS) is 12.2. The molecule has 0 aliphatic carbocycles. The van der Waals surface area contributed by atoms with Crippen LogP contribution >= 0.6 is 0 Å². The van der Waals surface area contributed by atoms with E-state index in [4.69, 9.17) is 10.7 Å². The number of aromatic nitrogens is 2. The van der Waals surface area contributed by atoms with Gasteiger partial charge in [0.2, 0.25) is 0 Å². The largest absolute Gasteiger partial charge is 0.307 e. The Hall–Kier alpha value is -1.39. The molecule has 0 saturated carbocycles. The number of fused-ring (bicyclic) bond motifs is 1. The van der Waals surface area contributed by atoms with Crippen LogP contribution in [-0.2, 0) is 10.4 Å². The molecule has 0 amide bonds. The molecule has 0 spiro atoms. The van der Waals surface area contributed by atoms with Crippen molar-refractivity contribution in [1.82, 2.24) is 9.38 Å². The number of imidazole rings is 1. The molecule has 0 aromatic carbocycles. The second kappa shape index (κ2) is 3.08. The van der Waals surface area contributed by atoms with Gasteiger partial charge in [0.05, 0.1) is 5.69 Å². The molecule has 2 aromatic heterocycles. The Labute approximate surface area is 82.3 Å². The third-order valence-corrected chi connectivity index (χ3v) is 2.28. The van der Waals surface area contributed by atoms with Gasteiger partial charge in [0, 0.05) is 12.4 Å². The van der Waals surface area contributed by atoms with Gasteiger partial charge in [0.25, 0.3) is 0 Å². The fourth-order valence-corrected chi connectivity index (χ4v) is 1.29. The molecule has 0 fully saturated rings. The van der Waals surface area contributed by atoms with E-state index >= 15 is 0 Å². The zero-order valence-corrected chi connectivity index (χ0v) is 8.27. The summed E-state index contributed by atoms with van der Waals surface area (Å²) in [5, 5.41) is 0. The van der Waals surface area contributed by atoms with Crippen molar-refractivity contribution in [2.75, 3.05) is 0 Å². The summed E-state index contributed by atoms with van der Waals surface area (Å²) in [5.74, 6) is 5.21. The van der Waals surface area contributed by atoms with E-state index in [1.807, 2.05) is 48.8 Å². The van der Waals surface area contributed by atoms with Crippen molar-refractivity contribution < 1.29 is 4.84 Å². The maximum Gasteiger partial charge on any atom is 0.137 e. The summed E-state index contributed by atoms with van der Waals surface area (Å²) in [7, 11) is 0. The van der Waals surface area contributed by atoms with Crippen LogP contribution in [0.4, 0.5) is 0 Å². The molecule has 0 aliphatic rings. The van der Waals surface area contributed by atoms with Crippen LogP contribution in [0, 0.1) is 0 Å². The van der Waals surface area contributed by atoms with E-state index in [0.717, 1.165) is 11.3 Å². The highest BCUT2D eigenvalue weighted by molar-refractivity contribution is 5.40. The quantitative estimate of drug-likeness (QED) is 0.731. The number of hydrogen-bond acceptors (Lipinski definition) is 3. The predicted molar refractivity (Wildman–Crippen MR) is 53.5 cm³/mol. The molecule has 0 atom stereocenters. The van der Waals surface area contributed by atoms with Gasteiger partial charge in [-0.3, -0.25) is 4.84 Å². The standard InChI is InChI=1S/C10H13N3O/c1-10(2,14-11)8-7-13-6-4-3-5-9(13)12-8/h3-7H,11H2,1-2H3. The third kappa shape index (κ3) is 1.38. The molecule has 2 aromatic rings. The molecule has 0 saturated heterocycles. The Morgan fingerprint density at radius 3 is 2.86 bits per heavy atom. The van der Waals surface area contributed by atoms with Crippen molar-refractivity contribution in [3.05, 3.63) is 36.3 Å². The average molecular weight is 191 g/mol. The summed E-state index contributed by atoms with van der Waals surface area (Å²) in [6.07, 6.45) is 3.86. The Morgan fingerprint density at radius 2 is 2.21 bits per heavy atom. The Balaban J connectivity index is 2.55. The van der Waals surface area contributed by atoms with Gasteiger partial charge < -0.3 is 4.40 Å². The maximum absolute atomic E-state index is 5.21. The van der Waals surface area contributed by atoms with Crippen LogP contribution in [0.1, 0.15) is 19.5 Å². The smallest absolute Gasteiger partial charge is 0.137 e. The highest BCUT2D eigenvalue weighted by Crippen LogP contribution is 2.21. The summed E-state index contributed by atoms with van der Waals surface area (Å²) in [6.45, 7) is 3.77. The third-order valence-electron chi connectivity index (χ3n) is 2.28. The highest BCUT2D eigenvalue weighted by atomic mass is 16.6. The van der Waals surface area contributed by atoms with Gasteiger partial charge in [-0.2, -0.15) is 0 Å². The van der Waals surface area contributed by atoms with Crippen molar-refractivity contribution >= 4 is 5.65 Å². The number of rotatable bonds is 2. The SMILES string of the molecule is CC(C)(ON)c1cn2ccccc2n1. The van der Waals surface area contributed by atoms with Gasteiger partial charge in [0.15, 0.2) is 0 Å². The zero-order valence-electron chi connectivity index (χ0n) is 8.27. The van der Waals surface area contributed by atoms with E-state index in [1.165, 1.54) is 0 Å². The van der Waals surface area contributed by atoms with Crippen molar-refractivity contribution in [2.24, 2.45) is 5.90 Å². The average Bonchev–Trinajstić information content (AvgIpc) is 2.61. The lowest BCUT2D eigenvalue weighted by Crippen LogP contribution is -2.25. The molecule has 2 N–H and O–H groups in total. The van der Waals surface area contributed by atoms with E-state index in [-0.39, 0.29) is 0 Å². The minimum absolute atomic E-state index is 0.550. The van der Waals surface area contributed by atoms with E-state index in [1.54, 1.807) is 0 Å². The first-order chi connectivity index (χ1) is 6.63. The van der Waals surface area contributed by atoms with Crippen molar-refractivity contribution in [3.63, 3.8) is 0 Å². The van der Waals surface area contributed by atoms with Gasteiger partial charge in [-0.25, -0.2) is 10.9 Å². The van der Waals surface area contributed by atoms with Gasteiger partial charge in [-0.05, 0) is 26.0 Å². The van der Waals surface area contributed by atoms with Crippen LogP contribution in [0.2, 0.25) is 0 Å². The lowest BCUT2D eigenvalue weighted by atomic mass is 10.1. The minimum atomic E-state index is -0.550. The molecule has 14 heavy (non-hydrogen) atoms. The molecular weight excluding hydrogens is 178 g/mol. The number of pyridine rings is 1. The van der Waals surface area contributed by atoms with Crippen LogP contribution < -0.4 is 5.90 Å². The van der Waals surface area contributed by atoms with Crippen molar-refractivity contribution in [3.8, 4) is 0 Å². The van der Waals surface area contributed by atoms with Gasteiger partial charge in [-0.15, -0.1) is 0 Å². The monoisotopic (exact) mass is 191 g/mol. The van der Waals surface area contributed by atoms with E-state index in [0.29, 0.717) is 0 Å².